The van der Waals surface area contributed by atoms with Crippen LogP contribution in [0.5, 0.6) is 0 Å². The SMILES string of the molecule is CCc1cnc(CCNC(=O)Nc2nc(C)c(-c3cc(C)nc(N(C)CCN4CCOCC4)n3)s2)o1. The number of urea groups is 1. The Balaban J connectivity index is 1.35. The molecule has 1 fully saturated rings. The second kappa shape index (κ2) is 12.2. The fourth-order valence-electron chi connectivity index (χ4n) is 3.79. The van der Waals surface area contributed by atoms with Crippen molar-refractivity contribution >= 4 is 28.4 Å². The van der Waals surface area contributed by atoms with Gasteiger partial charge in [0, 0.05) is 58.3 Å². The van der Waals surface area contributed by atoms with Crippen LogP contribution < -0.4 is 15.5 Å². The molecule has 2 N–H and O–H groups in total. The van der Waals surface area contributed by atoms with E-state index in [0.717, 1.165) is 73.5 Å². The molecule has 0 aromatic carbocycles. The molecule has 4 heterocycles. The number of ether oxygens (including phenoxy) is 1. The molecule has 0 radical (unpaired) electrons. The van der Waals surface area contributed by atoms with E-state index in [2.05, 4.69) is 35.4 Å². The fourth-order valence-corrected chi connectivity index (χ4v) is 4.72. The van der Waals surface area contributed by atoms with Gasteiger partial charge < -0.3 is 19.4 Å². The highest BCUT2D eigenvalue weighted by molar-refractivity contribution is 7.19. The first kappa shape index (κ1) is 26.0. The Kier molecular flexibility index (Phi) is 8.83. The van der Waals surface area contributed by atoms with Gasteiger partial charge in [0.15, 0.2) is 11.0 Å². The molecule has 2 amide bonds. The van der Waals surface area contributed by atoms with Crippen molar-refractivity contribution in [3.8, 4) is 10.6 Å². The molecule has 0 bridgehead atoms. The summed E-state index contributed by atoms with van der Waals surface area (Å²) in [7, 11) is 2.01. The molecule has 0 saturated carbocycles. The first-order valence-electron chi connectivity index (χ1n) is 12.2. The smallest absolute Gasteiger partial charge is 0.321 e. The summed E-state index contributed by atoms with van der Waals surface area (Å²) in [6.45, 7) is 11.5. The van der Waals surface area contributed by atoms with Crippen LogP contribution in [0, 0.1) is 13.8 Å². The molecule has 0 spiro atoms. The van der Waals surface area contributed by atoms with Crippen LogP contribution in [-0.2, 0) is 17.6 Å². The number of nitrogens with zero attached hydrogens (tertiary/aromatic N) is 6. The Labute approximate surface area is 215 Å². The molecular formula is C24H34N8O3S. The van der Waals surface area contributed by atoms with E-state index in [4.69, 9.17) is 14.1 Å². The van der Waals surface area contributed by atoms with Crippen molar-refractivity contribution in [3.63, 3.8) is 0 Å². The zero-order chi connectivity index (χ0) is 25.5. The van der Waals surface area contributed by atoms with Crippen LogP contribution in [0.2, 0.25) is 0 Å². The lowest BCUT2D eigenvalue weighted by atomic mass is 10.2. The zero-order valence-corrected chi connectivity index (χ0v) is 22.2. The monoisotopic (exact) mass is 514 g/mol. The number of thiazole rings is 1. The van der Waals surface area contributed by atoms with Crippen molar-refractivity contribution in [1.82, 2.24) is 30.2 Å². The van der Waals surface area contributed by atoms with Crippen LogP contribution in [0.15, 0.2) is 16.7 Å². The van der Waals surface area contributed by atoms with Gasteiger partial charge in [0.05, 0.1) is 35.7 Å². The lowest BCUT2D eigenvalue weighted by molar-refractivity contribution is 0.0392. The fraction of sp³-hybridized carbons (Fsp3) is 0.542. The van der Waals surface area contributed by atoms with Crippen LogP contribution in [0.4, 0.5) is 15.9 Å². The number of amides is 2. The maximum atomic E-state index is 12.4. The molecule has 4 rings (SSSR count). The molecule has 36 heavy (non-hydrogen) atoms. The van der Waals surface area contributed by atoms with Gasteiger partial charge in [-0.25, -0.2) is 24.7 Å². The first-order chi connectivity index (χ1) is 17.4. The maximum Gasteiger partial charge on any atom is 0.321 e. The summed E-state index contributed by atoms with van der Waals surface area (Å²) in [6.07, 6.45) is 3.04. The van der Waals surface area contributed by atoms with Gasteiger partial charge >= 0.3 is 6.03 Å². The van der Waals surface area contributed by atoms with E-state index < -0.39 is 0 Å². The molecule has 0 aliphatic carbocycles. The van der Waals surface area contributed by atoms with Gasteiger partial charge in [0.25, 0.3) is 0 Å². The van der Waals surface area contributed by atoms with Crippen LogP contribution in [-0.4, -0.2) is 83.9 Å². The van der Waals surface area contributed by atoms with Crippen LogP contribution in [0.3, 0.4) is 0 Å². The van der Waals surface area contributed by atoms with Crippen molar-refractivity contribution in [3.05, 3.63) is 35.3 Å². The van der Waals surface area contributed by atoms with Crippen molar-refractivity contribution in [2.75, 3.05) is 63.2 Å². The number of carbonyl (C=O) groups is 1. The highest BCUT2D eigenvalue weighted by atomic mass is 32.1. The number of oxazole rings is 1. The lowest BCUT2D eigenvalue weighted by Gasteiger charge is -2.28. The topological polar surface area (TPSA) is 122 Å². The zero-order valence-electron chi connectivity index (χ0n) is 21.3. The van der Waals surface area contributed by atoms with Crippen LogP contribution in [0.25, 0.3) is 10.6 Å². The van der Waals surface area contributed by atoms with E-state index in [1.807, 2.05) is 33.9 Å². The molecule has 3 aromatic heterocycles. The number of aryl methyl sites for hydroxylation is 3. The predicted molar refractivity (Wildman–Crippen MR) is 140 cm³/mol. The minimum atomic E-state index is -0.319. The molecule has 1 aliphatic rings. The standard InChI is InChI=1S/C24H34N8O3S/c1-5-18-15-26-20(35-18)6-7-25-23(33)30-24-28-17(3)21(36-24)19-14-16(2)27-22(29-19)31(4)8-9-32-10-12-34-13-11-32/h14-15H,5-13H2,1-4H3,(H2,25,28,30,33). The van der Waals surface area contributed by atoms with Gasteiger partial charge in [0.1, 0.15) is 5.76 Å². The molecular weight excluding hydrogens is 480 g/mol. The predicted octanol–water partition coefficient (Wildman–Crippen LogP) is 2.90. The number of likely N-dealkylation sites (N-methyl/N-ethyl adjacent to an activating group) is 1. The van der Waals surface area contributed by atoms with Gasteiger partial charge in [-0.3, -0.25) is 10.2 Å². The number of carbonyl (C=O) groups excluding carboxylic acids is 1. The Morgan fingerprint density at radius 3 is 2.78 bits per heavy atom. The molecule has 12 heteroatoms. The Morgan fingerprint density at radius 1 is 1.22 bits per heavy atom. The third kappa shape index (κ3) is 6.99. The molecule has 1 saturated heterocycles. The highest BCUT2D eigenvalue weighted by Crippen LogP contribution is 2.32. The molecule has 1 aliphatic heterocycles. The summed E-state index contributed by atoms with van der Waals surface area (Å²) >= 11 is 1.40. The number of hydrogen-bond acceptors (Lipinski definition) is 10. The Morgan fingerprint density at radius 2 is 2.03 bits per heavy atom. The van der Waals surface area contributed by atoms with E-state index in [1.165, 1.54) is 11.3 Å². The number of rotatable bonds is 10. The normalized spacial score (nSPS) is 14.1. The summed E-state index contributed by atoms with van der Waals surface area (Å²) < 4.78 is 11.0. The number of nitrogens with one attached hydrogen (secondary N) is 2. The van der Waals surface area contributed by atoms with Gasteiger partial charge in [-0.05, 0) is 19.9 Å². The van der Waals surface area contributed by atoms with Crippen molar-refractivity contribution in [1.29, 1.82) is 0 Å². The van der Waals surface area contributed by atoms with E-state index >= 15 is 0 Å². The van der Waals surface area contributed by atoms with E-state index in [1.54, 1.807) is 6.20 Å². The van der Waals surface area contributed by atoms with E-state index in [9.17, 15) is 4.79 Å². The first-order valence-corrected chi connectivity index (χ1v) is 13.1. The number of aromatic nitrogens is 4. The average molecular weight is 515 g/mol. The van der Waals surface area contributed by atoms with E-state index in [-0.39, 0.29) is 6.03 Å². The third-order valence-electron chi connectivity index (χ3n) is 5.86. The number of anilines is 2. The summed E-state index contributed by atoms with van der Waals surface area (Å²) in [5.74, 6) is 2.13. The number of hydrogen-bond donors (Lipinski definition) is 2. The van der Waals surface area contributed by atoms with Crippen LogP contribution in [0.1, 0.15) is 30.0 Å². The molecule has 194 valence electrons. The average Bonchev–Trinajstić information content (AvgIpc) is 3.48. The lowest BCUT2D eigenvalue weighted by Crippen LogP contribution is -2.41. The second-order valence-electron chi connectivity index (χ2n) is 8.71. The maximum absolute atomic E-state index is 12.4. The quantitative estimate of drug-likeness (QED) is 0.420. The Hall–Kier alpha value is -3.09. The summed E-state index contributed by atoms with van der Waals surface area (Å²) in [5.41, 5.74) is 2.49. The van der Waals surface area contributed by atoms with Gasteiger partial charge in [-0.15, -0.1) is 0 Å². The Bertz CT molecular complexity index is 1160. The van der Waals surface area contributed by atoms with Gasteiger partial charge in [-0.1, -0.05) is 18.3 Å². The number of morpholine rings is 1. The minimum absolute atomic E-state index is 0.319. The van der Waals surface area contributed by atoms with Gasteiger partial charge in [-0.2, -0.15) is 0 Å². The minimum Gasteiger partial charge on any atom is -0.446 e. The molecule has 0 unspecified atom stereocenters. The van der Waals surface area contributed by atoms with Crippen molar-refractivity contribution in [2.24, 2.45) is 0 Å². The second-order valence-corrected chi connectivity index (χ2v) is 9.71. The van der Waals surface area contributed by atoms with Crippen LogP contribution >= 0.6 is 11.3 Å². The highest BCUT2D eigenvalue weighted by Gasteiger charge is 2.17. The largest absolute Gasteiger partial charge is 0.446 e. The van der Waals surface area contributed by atoms with Gasteiger partial charge in [0.2, 0.25) is 5.95 Å². The molecule has 11 nitrogen and oxygen atoms in total. The van der Waals surface area contributed by atoms with E-state index in [0.29, 0.717) is 29.9 Å². The van der Waals surface area contributed by atoms with Crippen molar-refractivity contribution in [2.45, 2.75) is 33.6 Å². The molecule has 3 aromatic rings. The summed E-state index contributed by atoms with van der Waals surface area (Å²) in [5, 5.41) is 6.16. The third-order valence-corrected chi connectivity index (χ3v) is 6.96. The molecule has 0 atom stereocenters. The summed E-state index contributed by atoms with van der Waals surface area (Å²) in [6, 6.07) is 1.63. The summed E-state index contributed by atoms with van der Waals surface area (Å²) in [4.78, 5) is 35.9. The van der Waals surface area contributed by atoms with Crippen molar-refractivity contribution < 1.29 is 13.9 Å².